The standard InChI is InChI=1S/C36H25N2O2.Pt/c1-2-3-5-13-24-22-29-26-16-9-11-21-33(26)40-35(29)30(23-24)27-18-12-19-31-34(27)37-36(28-17-8-10-20-32(28)39)38(31)25-14-6-4-7-15-25;/h2-12,14-22,39H,1,13H2;/q-1;/b5-3-;. The first-order chi connectivity index (χ1) is 19.7. The smallest absolute Gasteiger partial charge is 0.148 e. The number of hydrogen-bond acceptors (Lipinski definition) is 3. The largest absolute Gasteiger partial charge is 0.507 e. The van der Waals surface area contributed by atoms with Crippen molar-refractivity contribution in [2.24, 2.45) is 0 Å². The van der Waals surface area contributed by atoms with E-state index in [0.717, 1.165) is 55.3 Å². The third-order valence-corrected chi connectivity index (χ3v) is 7.19. The van der Waals surface area contributed by atoms with Crippen LogP contribution in [-0.4, -0.2) is 14.7 Å². The molecule has 4 nitrogen and oxygen atoms in total. The maximum atomic E-state index is 10.8. The van der Waals surface area contributed by atoms with Crippen molar-refractivity contribution >= 4 is 33.0 Å². The fraction of sp³-hybridized carbons (Fsp3) is 0.0278. The van der Waals surface area contributed by atoms with Crippen LogP contribution in [0.2, 0.25) is 0 Å². The average Bonchev–Trinajstić information content (AvgIpc) is 3.56. The van der Waals surface area contributed by atoms with Gasteiger partial charge in [-0.05, 0) is 42.8 Å². The number of imidazole rings is 1. The number of nitrogens with zero attached hydrogens (tertiary/aromatic N) is 2. The zero-order valence-electron chi connectivity index (χ0n) is 22.0. The molecule has 1 N–H and O–H groups in total. The first-order valence-electron chi connectivity index (χ1n) is 13.2. The molecule has 2 aromatic heterocycles. The van der Waals surface area contributed by atoms with Crippen molar-refractivity contribution in [3.63, 3.8) is 0 Å². The normalized spacial score (nSPS) is 11.4. The molecule has 0 radical (unpaired) electrons. The van der Waals surface area contributed by atoms with Crippen LogP contribution in [0.1, 0.15) is 5.56 Å². The van der Waals surface area contributed by atoms with Crippen LogP contribution in [0.25, 0.3) is 61.2 Å². The third kappa shape index (κ3) is 4.61. The summed E-state index contributed by atoms with van der Waals surface area (Å²) in [5.74, 6) is 0.844. The second kappa shape index (κ2) is 11.1. The van der Waals surface area contributed by atoms with E-state index >= 15 is 0 Å². The Labute approximate surface area is 252 Å². The minimum atomic E-state index is 0. The molecule has 7 rings (SSSR count). The summed E-state index contributed by atoms with van der Waals surface area (Å²) in [6, 6.07) is 37.5. The Bertz CT molecular complexity index is 2070. The Kier molecular flexibility index (Phi) is 7.17. The minimum absolute atomic E-state index is 0. The van der Waals surface area contributed by atoms with Crippen molar-refractivity contribution in [3.8, 4) is 34.0 Å². The molecule has 0 fully saturated rings. The number of benzene rings is 5. The number of aromatic nitrogens is 2. The zero-order chi connectivity index (χ0) is 27.1. The monoisotopic (exact) mass is 712 g/mol. The average molecular weight is 713 g/mol. The quantitative estimate of drug-likeness (QED) is 0.138. The minimum Gasteiger partial charge on any atom is -0.507 e. The number of rotatable bonds is 6. The van der Waals surface area contributed by atoms with Crippen molar-refractivity contribution in [2.45, 2.75) is 6.42 Å². The summed E-state index contributed by atoms with van der Waals surface area (Å²) in [4.78, 5) is 5.18. The molecule has 0 aliphatic rings. The Morgan fingerprint density at radius 1 is 0.854 bits per heavy atom. The fourth-order valence-electron chi connectivity index (χ4n) is 5.40. The van der Waals surface area contributed by atoms with E-state index in [9.17, 15) is 5.11 Å². The van der Waals surface area contributed by atoms with Crippen LogP contribution in [0.15, 0.2) is 132 Å². The molecule has 0 saturated heterocycles. The molecule has 0 unspecified atom stereocenters. The summed E-state index contributed by atoms with van der Waals surface area (Å²) in [5, 5.41) is 12.9. The molecule has 41 heavy (non-hydrogen) atoms. The molecule has 2 heterocycles. The van der Waals surface area contributed by atoms with Crippen LogP contribution in [0.3, 0.4) is 0 Å². The van der Waals surface area contributed by atoms with E-state index in [1.54, 1.807) is 12.1 Å². The molecular formula is C36H25N2O2Pt-. The van der Waals surface area contributed by atoms with E-state index in [1.165, 1.54) is 0 Å². The van der Waals surface area contributed by atoms with E-state index < -0.39 is 0 Å². The predicted octanol–water partition coefficient (Wildman–Crippen LogP) is 9.05. The van der Waals surface area contributed by atoms with Gasteiger partial charge in [-0.3, -0.25) is 4.57 Å². The van der Waals surface area contributed by atoms with Crippen molar-refractivity contribution < 1.29 is 30.6 Å². The number of phenols is 1. The van der Waals surface area contributed by atoms with E-state index in [1.807, 2.05) is 78.9 Å². The number of aromatic hydroxyl groups is 1. The fourth-order valence-corrected chi connectivity index (χ4v) is 5.40. The van der Waals surface area contributed by atoms with Gasteiger partial charge in [0.25, 0.3) is 0 Å². The van der Waals surface area contributed by atoms with E-state index in [0.29, 0.717) is 17.8 Å². The van der Waals surface area contributed by atoms with Crippen LogP contribution in [0, 0.1) is 6.07 Å². The summed E-state index contributed by atoms with van der Waals surface area (Å²) < 4.78 is 8.55. The van der Waals surface area contributed by atoms with Gasteiger partial charge in [-0.25, -0.2) is 4.98 Å². The zero-order valence-corrected chi connectivity index (χ0v) is 24.3. The Morgan fingerprint density at radius 2 is 1.61 bits per heavy atom. The van der Waals surface area contributed by atoms with E-state index in [-0.39, 0.29) is 26.8 Å². The van der Waals surface area contributed by atoms with E-state index in [4.69, 9.17) is 9.40 Å². The summed E-state index contributed by atoms with van der Waals surface area (Å²) in [6.45, 7) is 3.80. The molecule has 0 aliphatic carbocycles. The summed E-state index contributed by atoms with van der Waals surface area (Å²) in [6.07, 6.45) is 6.53. The second-order valence-electron chi connectivity index (χ2n) is 9.68. The number of hydrogen-bond donors (Lipinski definition) is 1. The van der Waals surface area contributed by atoms with Crippen LogP contribution < -0.4 is 0 Å². The molecule has 0 spiro atoms. The summed E-state index contributed by atoms with van der Waals surface area (Å²) >= 11 is 0. The van der Waals surface area contributed by atoms with Crippen molar-refractivity contribution in [3.05, 3.63) is 140 Å². The van der Waals surface area contributed by atoms with Gasteiger partial charge in [0.15, 0.2) is 0 Å². The number of para-hydroxylation sites is 4. The second-order valence-corrected chi connectivity index (χ2v) is 9.68. The molecule has 0 bridgehead atoms. The Balaban J connectivity index is 0.00000302. The predicted molar refractivity (Wildman–Crippen MR) is 163 cm³/mol. The SMILES string of the molecule is C=C/C=C\Cc1[c-]c(-c2cccc3c2nc(-c2ccccc2O)n3-c2ccccc2)c2oc3ccccc3c2c1.[Pt]. The molecule has 202 valence electrons. The van der Waals surface area contributed by atoms with Gasteiger partial charge < -0.3 is 9.52 Å². The molecule has 0 atom stereocenters. The van der Waals surface area contributed by atoms with Crippen LogP contribution in [0.4, 0.5) is 0 Å². The van der Waals surface area contributed by atoms with Gasteiger partial charge in [0.2, 0.25) is 0 Å². The summed E-state index contributed by atoms with van der Waals surface area (Å²) in [5.41, 5.74) is 7.80. The van der Waals surface area contributed by atoms with Crippen molar-refractivity contribution in [2.75, 3.05) is 0 Å². The van der Waals surface area contributed by atoms with Gasteiger partial charge in [-0.1, -0.05) is 102 Å². The van der Waals surface area contributed by atoms with Gasteiger partial charge in [0.05, 0.1) is 22.2 Å². The molecule has 0 aliphatic heterocycles. The summed E-state index contributed by atoms with van der Waals surface area (Å²) in [7, 11) is 0. The van der Waals surface area contributed by atoms with Crippen LogP contribution >= 0.6 is 0 Å². The van der Waals surface area contributed by atoms with Crippen LogP contribution in [-0.2, 0) is 27.5 Å². The van der Waals surface area contributed by atoms with E-state index in [2.05, 4.69) is 47.6 Å². The molecule has 0 saturated carbocycles. The van der Waals surface area contributed by atoms with Gasteiger partial charge >= 0.3 is 0 Å². The first kappa shape index (κ1) is 26.6. The number of phenolic OH excluding ortho intramolecular Hbond substituents is 1. The van der Waals surface area contributed by atoms with Gasteiger partial charge in [-0.2, -0.15) is 0 Å². The third-order valence-electron chi connectivity index (χ3n) is 7.19. The number of fused-ring (bicyclic) bond motifs is 4. The Hall–Kier alpha value is -4.66. The van der Waals surface area contributed by atoms with Crippen LogP contribution in [0.5, 0.6) is 5.75 Å². The molecule has 5 heteroatoms. The van der Waals surface area contributed by atoms with Crippen molar-refractivity contribution in [1.82, 2.24) is 9.55 Å². The number of allylic oxidation sites excluding steroid dienone is 3. The molecule has 5 aromatic carbocycles. The molecule has 0 amide bonds. The Morgan fingerprint density at radius 3 is 2.44 bits per heavy atom. The first-order valence-corrected chi connectivity index (χ1v) is 13.2. The number of furan rings is 1. The van der Waals surface area contributed by atoms with Gasteiger partial charge in [-0.15, -0.1) is 17.7 Å². The maximum absolute atomic E-state index is 10.8. The van der Waals surface area contributed by atoms with Gasteiger partial charge in [0, 0.05) is 32.1 Å². The van der Waals surface area contributed by atoms with Gasteiger partial charge in [0.1, 0.15) is 17.2 Å². The topological polar surface area (TPSA) is 51.2 Å². The maximum Gasteiger partial charge on any atom is 0.148 e. The molecule has 7 aromatic rings. The molecular weight excluding hydrogens is 687 g/mol. The van der Waals surface area contributed by atoms with Crippen molar-refractivity contribution in [1.29, 1.82) is 0 Å².